The summed E-state index contributed by atoms with van der Waals surface area (Å²) in [6.45, 7) is 10.9. The molecule has 2 unspecified atom stereocenters. The lowest BCUT2D eigenvalue weighted by Gasteiger charge is -2.16. The lowest BCUT2D eigenvalue weighted by atomic mass is 10.1. The molecular weight excluding hydrogens is 563 g/mol. The van der Waals surface area contributed by atoms with E-state index in [0.29, 0.717) is 0 Å². The first-order valence-electron chi connectivity index (χ1n) is 19.9. The van der Waals surface area contributed by atoms with Crippen LogP contribution < -0.4 is 10.6 Å². The van der Waals surface area contributed by atoms with Crippen molar-refractivity contribution in [2.24, 2.45) is 0 Å². The number of nitrogens with one attached hydrogen (secondary N) is 2. The molecule has 0 saturated heterocycles. The summed E-state index contributed by atoms with van der Waals surface area (Å²) in [6.07, 6.45) is 37.5. The average Bonchev–Trinajstić information content (AvgIpc) is 3.02. The predicted octanol–water partition coefficient (Wildman–Crippen LogP) is 13.3. The summed E-state index contributed by atoms with van der Waals surface area (Å²) >= 11 is 0. The molecule has 0 spiro atoms. The largest absolute Gasteiger partial charge is 0.700 e. The van der Waals surface area contributed by atoms with Crippen molar-refractivity contribution < 1.29 is 13.6 Å². The van der Waals surface area contributed by atoms with E-state index in [1.54, 1.807) is 0 Å². The van der Waals surface area contributed by atoms with Crippen LogP contribution in [0.25, 0.3) is 0 Å². The van der Waals surface area contributed by atoms with Crippen LogP contribution in [0.1, 0.15) is 220 Å². The van der Waals surface area contributed by atoms with Crippen LogP contribution in [0, 0.1) is 0 Å². The molecule has 0 aromatic carbocycles. The highest BCUT2D eigenvalue weighted by molar-refractivity contribution is 7.33. The van der Waals surface area contributed by atoms with Crippen molar-refractivity contribution in [2.45, 2.75) is 233 Å². The minimum absolute atomic E-state index is 0.184. The SMILES string of the molecule is CCCCCCCCCCNC(CCCCCCCC)O[P+](=O)OC(CCCCCCCC)NCCCCCCCCCC. The Hall–Kier alpha value is -0.0600. The van der Waals surface area contributed by atoms with Crippen LogP contribution in [0.15, 0.2) is 0 Å². The Bertz CT molecular complexity index is 520. The fourth-order valence-electron chi connectivity index (χ4n) is 5.88. The van der Waals surface area contributed by atoms with Crippen molar-refractivity contribution in [1.82, 2.24) is 10.6 Å². The minimum atomic E-state index is -2.17. The molecule has 6 heteroatoms. The molecule has 0 bridgehead atoms. The monoisotopic (exact) mass is 644 g/mol. The Morgan fingerprint density at radius 1 is 0.386 bits per heavy atom. The van der Waals surface area contributed by atoms with E-state index in [1.165, 1.54) is 154 Å². The van der Waals surface area contributed by atoms with E-state index in [0.717, 1.165) is 51.6 Å². The summed E-state index contributed by atoms with van der Waals surface area (Å²) < 4.78 is 25.3. The molecule has 0 rings (SSSR count). The van der Waals surface area contributed by atoms with Crippen molar-refractivity contribution >= 4 is 8.25 Å². The molecule has 44 heavy (non-hydrogen) atoms. The third-order valence-corrected chi connectivity index (χ3v) is 9.72. The van der Waals surface area contributed by atoms with Crippen LogP contribution in [-0.2, 0) is 13.6 Å². The van der Waals surface area contributed by atoms with Gasteiger partial charge < -0.3 is 0 Å². The number of rotatable bonds is 38. The first kappa shape index (κ1) is 43.9. The van der Waals surface area contributed by atoms with Crippen LogP contribution in [0.2, 0.25) is 0 Å². The second-order valence-corrected chi connectivity index (χ2v) is 14.3. The zero-order valence-corrected chi connectivity index (χ0v) is 31.3. The molecule has 0 amide bonds. The molecule has 0 aromatic rings. The second-order valence-electron chi connectivity index (χ2n) is 13.4. The lowest BCUT2D eigenvalue weighted by Crippen LogP contribution is -2.33. The van der Waals surface area contributed by atoms with Crippen LogP contribution in [0.5, 0.6) is 0 Å². The molecule has 5 nitrogen and oxygen atoms in total. The van der Waals surface area contributed by atoms with Gasteiger partial charge in [0.25, 0.3) is 0 Å². The van der Waals surface area contributed by atoms with E-state index in [-0.39, 0.29) is 12.5 Å². The topological polar surface area (TPSA) is 59.6 Å². The molecule has 0 aromatic heterocycles. The van der Waals surface area contributed by atoms with Gasteiger partial charge >= 0.3 is 8.25 Å². The third kappa shape index (κ3) is 33.3. The molecule has 0 saturated carbocycles. The van der Waals surface area contributed by atoms with Gasteiger partial charge in [-0.15, -0.1) is 0 Å². The fraction of sp³-hybridized carbons (Fsp3) is 1.00. The lowest BCUT2D eigenvalue weighted by molar-refractivity contribution is 0.0865. The third-order valence-electron chi connectivity index (χ3n) is 8.87. The molecular formula is C38H80N2O3P+. The molecule has 0 fully saturated rings. The summed E-state index contributed by atoms with van der Waals surface area (Å²) in [6, 6.07) is 0. The van der Waals surface area contributed by atoms with Crippen LogP contribution >= 0.6 is 8.25 Å². The summed E-state index contributed by atoms with van der Waals surface area (Å²) in [7, 11) is -2.17. The number of unbranched alkanes of at least 4 members (excludes halogenated alkanes) is 24. The van der Waals surface area contributed by atoms with E-state index in [2.05, 4.69) is 38.3 Å². The van der Waals surface area contributed by atoms with Crippen LogP contribution in [0.3, 0.4) is 0 Å². The highest BCUT2D eigenvalue weighted by atomic mass is 31.1. The van der Waals surface area contributed by atoms with Gasteiger partial charge in [0.1, 0.15) is 0 Å². The Kier molecular flexibility index (Phi) is 37.3. The Balaban J connectivity index is 4.66. The molecule has 0 aliphatic carbocycles. The maximum absolute atomic E-state index is 13.2. The molecule has 0 heterocycles. The minimum Gasteiger partial charge on any atom is -0.288 e. The highest BCUT2D eigenvalue weighted by Crippen LogP contribution is 2.30. The van der Waals surface area contributed by atoms with Crippen LogP contribution in [-0.4, -0.2) is 25.5 Å². The average molecular weight is 644 g/mol. The van der Waals surface area contributed by atoms with Crippen molar-refractivity contribution in [3.63, 3.8) is 0 Å². The highest BCUT2D eigenvalue weighted by Gasteiger charge is 2.31. The normalized spacial score (nSPS) is 13.4. The van der Waals surface area contributed by atoms with Gasteiger partial charge in [0.15, 0.2) is 12.5 Å². The number of hydrogen-bond donors (Lipinski definition) is 2. The van der Waals surface area contributed by atoms with E-state index < -0.39 is 8.25 Å². The van der Waals surface area contributed by atoms with E-state index in [4.69, 9.17) is 9.05 Å². The van der Waals surface area contributed by atoms with Gasteiger partial charge in [-0.25, -0.2) is 0 Å². The predicted molar refractivity (Wildman–Crippen MR) is 195 cm³/mol. The van der Waals surface area contributed by atoms with Crippen molar-refractivity contribution in [3.8, 4) is 0 Å². The van der Waals surface area contributed by atoms with Gasteiger partial charge in [-0.2, -0.15) is 0 Å². The van der Waals surface area contributed by atoms with Gasteiger partial charge in [0.05, 0.1) is 0 Å². The van der Waals surface area contributed by atoms with Gasteiger partial charge in [-0.1, -0.05) is 191 Å². The first-order valence-corrected chi connectivity index (χ1v) is 21.0. The molecule has 0 radical (unpaired) electrons. The number of hydrogen-bond acceptors (Lipinski definition) is 5. The Labute approximate surface area is 277 Å². The molecule has 0 aliphatic heterocycles. The van der Waals surface area contributed by atoms with Gasteiger partial charge in [0, 0.05) is 4.57 Å². The van der Waals surface area contributed by atoms with Gasteiger partial charge in [-0.05, 0) is 51.6 Å². The zero-order chi connectivity index (χ0) is 32.2. The summed E-state index contributed by atoms with van der Waals surface area (Å²) in [5, 5.41) is 7.17. The zero-order valence-electron chi connectivity index (χ0n) is 30.5. The second kappa shape index (κ2) is 37.4. The Morgan fingerprint density at radius 3 is 0.932 bits per heavy atom. The van der Waals surface area contributed by atoms with Gasteiger partial charge in [-0.3, -0.25) is 10.6 Å². The quantitative estimate of drug-likeness (QED) is 0.0398. The van der Waals surface area contributed by atoms with Crippen LogP contribution in [0.4, 0.5) is 0 Å². The van der Waals surface area contributed by atoms with Gasteiger partial charge in [0.2, 0.25) is 0 Å². The van der Waals surface area contributed by atoms with Crippen molar-refractivity contribution in [1.29, 1.82) is 0 Å². The fourth-order valence-corrected chi connectivity index (χ4v) is 6.71. The molecule has 264 valence electrons. The maximum atomic E-state index is 13.2. The standard InChI is InChI=1S/C38H80N2O3P/c1-5-9-13-17-21-23-27-31-35-39-37(33-29-25-19-15-11-7-3)42-44(41)43-38(34-30-26-20-16-12-8-4)40-36-32-28-24-22-18-14-10-6-2/h37-40H,5-36H2,1-4H3/q+1. The summed E-state index contributed by atoms with van der Waals surface area (Å²) in [4.78, 5) is 0. The van der Waals surface area contributed by atoms with E-state index in [1.807, 2.05) is 0 Å². The Morgan fingerprint density at radius 2 is 0.636 bits per heavy atom. The van der Waals surface area contributed by atoms with E-state index in [9.17, 15) is 4.57 Å². The summed E-state index contributed by atoms with van der Waals surface area (Å²) in [5.74, 6) is 0. The molecule has 2 atom stereocenters. The smallest absolute Gasteiger partial charge is 0.288 e. The molecule has 2 N–H and O–H groups in total. The van der Waals surface area contributed by atoms with Crippen molar-refractivity contribution in [3.05, 3.63) is 0 Å². The van der Waals surface area contributed by atoms with E-state index >= 15 is 0 Å². The van der Waals surface area contributed by atoms with Crippen molar-refractivity contribution in [2.75, 3.05) is 13.1 Å². The first-order chi connectivity index (χ1) is 21.7. The summed E-state index contributed by atoms with van der Waals surface area (Å²) in [5.41, 5.74) is 0. The molecule has 0 aliphatic rings. The maximum Gasteiger partial charge on any atom is 0.700 e.